The second-order valence-corrected chi connectivity index (χ2v) is 6.86. The molecule has 3 heterocycles. The van der Waals surface area contributed by atoms with Crippen molar-refractivity contribution in [3.8, 4) is 0 Å². The SMILES string of the molecule is Cc1cc(Cl)cc(C(=O)N2CCOC(c3cc(C)nc4ncnn34)C2)c1. The molecule has 1 fully saturated rings. The van der Waals surface area contributed by atoms with Gasteiger partial charge in [-0.15, -0.1) is 0 Å². The van der Waals surface area contributed by atoms with E-state index < -0.39 is 0 Å². The fourth-order valence-electron chi connectivity index (χ4n) is 3.24. The Balaban J connectivity index is 1.63. The van der Waals surface area contributed by atoms with Crippen LogP contribution in [0.4, 0.5) is 0 Å². The van der Waals surface area contributed by atoms with Crippen molar-refractivity contribution in [2.45, 2.75) is 20.0 Å². The van der Waals surface area contributed by atoms with Crippen molar-refractivity contribution in [3.05, 3.63) is 58.1 Å². The van der Waals surface area contributed by atoms with Gasteiger partial charge >= 0.3 is 0 Å². The van der Waals surface area contributed by atoms with Gasteiger partial charge in [0.2, 0.25) is 0 Å². The summed E-state index contributed by atoms with van der Waals surface area (Å²) in [7, 11) is 0. The Morgan fingerprint density at radius 3 is 2.92 bits per heavy atom. The number of halogens is 1. The summed E-state index contributed by atoms with van der Waals surface area (Å²) in [6.07, 6.45) is 1.17. The number of rotatable bonds is 2. The zero-order valence-electron chi connectivity index (χ0n) is 14.5. The van der Waals surface area contributed by atoms with E-state index in [9.17, 15) is 4.79 Å². The van der Waals surface area contributed by atoms with Gasteiger partial charge in [-0.25, -0.2) is 4.98 Å². The van der Waals surface area contributed by atoms with Crippen molar-refractivity contribution >= 4 is 23.3 Å². The first-order valence-corrected chi connectivity index (χ1v) is 8.74. The number of aromatic nitrogens is 4. The predicted molar refractivity (Wildman–Crippen MR) is 96.3 cm³/mol. The van der Waals surface area contributed by atoms with Crippen molar-refractivity contribution in [1.82, 2.24) is 24.5 Å². The van der Waals surface area contributed by atoms with Gasteiger partial charge in [0.15, 0.2) is 0 Å². The Labute approximate surface area is 155 Å². The molecule has 0 spiro atoms. The maximum atomic E-state index is 12.9. The van der Waals surface area contributed by atoms with Crippen LogP contribution in [-0.4, -0.2) is 50.1 Å². The summed E-state index contributed by atoms with van der Waals surface area (Å²) in [5.41, 5.74) is 3.22. The molecule has 3 aromatic rings. The Morgan fingerprint density at radius 1 is 1.27 bits per heavy atom. The van der Waals surface area contributed by atoms with Crippen LogP contribution in [-0.2, 0) is 4.74 Å². The maximum absolute atomic E-state index is 12.9. The number of carbonyl (C=O) groups excluding carboxylic acids is 1. The highest BCUT2D eigenvalue weighted by molar-refractivity contribution is 6.31. The van der Waals surface area contributed by atoms with Crippen LogP contribution in [0.3, 0.4) is 0 Å². The zero-order chi connectivity index (χ0) is 18.3. The van der Waals surface area contributed by atoms with Gasteiger partial charge in [0, 0.05) is 22.8 Å². The molecular weight excluding hydrogens is 354 g/mol. The molecule has 1 saturated heterocycles. The third kappa shape index (κ3) is 3.15. The molecule has 0 N–H and O–H groups in total. The highest BCUT2D eigenvalue weighted by atomic mass is 35.5. The van der Waals surface area contributed by atoms with E-state index in [1.807, 2.05) is 32.0 Å². The molecule has 0 aliphatic carbocycles. The fourth-order valence-corrected chi connectivity index (χ4v) is 3.53. The van der Waals surface area contributed by atoms with Gasteiger partial charge in [-0.3, -0.25) is 4.79 Å². The molecule has 0 radical (unpaired) electrons. The van der Waals surface area contributed by atoms with E-state index in [0.717, 1.165) is 17.0 Å². The number of fused-ring (bicyclic) bond motifs is 1. The topological polar surface area (TPSA) is 72.6 Å². The summed E-state index contributed by atoms with van der Waals surface area (Å²) in [6.45, 7) is 5.24. The molecule has 1 unspecified atom stereocenters. The Morgan fingerprint density at radius 2 is 2.12 bits per heavy atom. The Bertz CT molecular complexity index is 967. The minimum absolute atomic E-state index is 0.0514. The van der Waals surface area contributed by atoms with E-state index in [1.54, 1.807) is 15.5 Å². The first-order chi connectivity index (χ1) is 12.5. The highest BCUT2D eigenvalue weighted by Gasteiger charge is 2.28. The molecule has 1 aromatic carbocycles. The molecular formula is C18H18ClN5O2. The summed E-state index contributed by atoms with van der Waals surface area (Å²) in [4.78, 5) is 23.2. The standard InChI is InChI=1S/C18H18ClN5O2/c1-11-5-13(8-14(19)6-11)17(25)23-3-4-26-16(9-23)15-7-12(2)22-18-20-10-21-24(15)18/h5-8,10,16H,3-4,9H2,1-2H3. The molecule has 1 atom stereocenters. The van der Waals surface area contributed by atoms with Crippen molar-refractivity contribution in [1.29, 1.82) is 0 Å². The van der Waals surface area contributed by atoms with Gasteiger partial charge in [-0.05, 0) is 43.7 Å². The lowest BCUT2D eigenvalue weighted by Gasteiger charge is -2.33. The molecule has 0 saturated carbocycles. The minimum atomic E-state index is -0.293. The second-order valence-electron chi connectivity index (χ2n) is 6.42. The summed E-state index contributed by atoms with van der Waals surface area (Å²) in [6, 6.07) is 7.31. The molecule has 26 heavy (non-hydrogen) atoms. The molecule has 2 aromatic heterocycles. The maximum Gasteiger partial charge on any atom is 0.254 e. The molecule has 1 aliphatic rings. The van der Waals surface area contributed by atoms with E-state index in [-0.39, 0.29) is 12.0 Å². The van der Waals surface area contributed by atoms with Crippen LogP contribution < -0.4 is 0 Å². The summed E-state index contributed by atoms with van der Waals surface area (Å²) < 4.78 is 7.59. The van der Waals surface area contributed by atoms with Gasteiger partial charge in [0.25, 0.3) is 11.7 Å². The Hall–Kier alpha value is -2.51. The molecule has 134 valence electrons. The van der Waals surface area contributed by atoms with Gasteiger partial charge < -0.3 is 9.64 Å². The number of morpholine rings is 1. The monoisotopic (exact) mass is 371 g/mol. The lowest BCUT2D eigenvalue weighted by atomic mass is 10.1. The number of hydrogen-bond acceptors (Lipinski definition) is 5. The van der Waals surface area contributed by atoms with Crippen LogP contribution in [0.25, 0.3) is 5.78 Å². The van der Waals surface area contributed by atoms with Crippen LogP contribution in [0.2, 0.25) is 5.02 Å². The van der Waals surface area contributed by atoms with E-state index in [1.165, 1.54) is 6.33 Å². The third-order valence-electron chi connectivity index (χ3n) is 4.38. The number of ether oxygens (including phenoxy) is 1. The first kappa shape index (κ1) is 16.9. The zero-order valence-corrected chi connectivity index (χ0v) is 15.3. The molecule has 4 rings (SSSR count). The number of carbonyl (C=O) groups is 1. The Kier molecular flexibility index (Phi) is 4.34. The number of amides is 1. The number of hydrogen-bond donors (Lipinski definition) is 0. The molecule has 1 aliphatic heterocycles. The normalized spacial score (nSPS) is 17.7. The van der Waals surface area contributed by atoms with Crippen LogP contribution in [0.5, 0.6) is 0 Å². The minimum Gasteiger partial charge on any atom is -0.368 e. The van der Waals surface area contributed by atoms with Crippen LogP contribution in [0.1, 0.15) is 33.4 Å². The van der Waals surface area contributed by atoms with E-state index >= 15 is 0 Å². The number of benzene rings is 1. The summed E-state index contributed by atoms with van der Waals surface area (Å²) in [5, 5.41) is 4.79. The molecule has 7 nitrogen and oxygen atoms in total. The van der Waals surface area contributed by atoms with Crippen molar-refractivity contribution in [2.75, 3.05) is 19.7 Å². The largest absolute Gasteiger partial charge is 0.368 e. The fraction of sp³-hybridized carbons (Fsp3) is 0.333. The van der Waals surface area contributed by atoms with Crippen molar-refractivity contribution in [3.63, 3.8) is 0 Å². The average Bonchev–Trinajstić information content (AvgIpc) is 3.08. The highest BCUT2D eigenvalue weighted by Crippen LogP contribution is 2.25. The molecule has 8 heteroatoms. The molecule has 0 bridgehead atoms. The van der Waals surface area contributed by atoms with Gasteiger partial charge in [-0.1, -0.05) is 11.6 Å². The van der Waals surface area contributed by atoms with Gasteiger partial charge in [-0.2, -0.15) is 14.6 Å². The van der Waals surface area contributed by atoms with Gasteiger partial charge in [0.1, 0.15) is 12.4 Å². The third-order valence-corrected chi connectivity index (χ3v) is 4.60. The lowest BCUT2D eigenvalue weighted by molar-refractivity contribution is -0.0257. The first-order valence-electron chi connectivity index (χ1n) is 8.36. The predicted octanol–water partition coefficient (Wildman–Crippen LogP) is 2.61. The quantitative estimate of drug-likeness (QED) is 0.692. The van der Waals surface area contributed by atoms with Crippen molar-refractivity contribution < 1.29 is 9.53 Å². The number of nitrogens with zero attached hydrogens (tertiary/aromatic N) is 5. The van der Waals surface area contributed by atoms with E-state index in [2.05, 4.69) is 15.1 Å². The second kappa shape index (κ2) is 6.66. The van der Waals surface area contributed by atoms with Crippen LogP contribution in [0.15, 0.2) is 30.6 Å². The van der Waals surface area contributed by atoms with E-state index in [4.69, 9.17) is 16.3 Å². The summed E-state index contributed by atoms with van der Waals surface area (Å²) in [5.74, 6) is 0.474. The molecule has 1 amide bonds. The van der Waals surface area contributed by atoms with Gasteiger partial charge in [0.05, 0.1) is 18.8 Å². The summed E-state index contributed by atoms with van der Waals surface area (Å²) >= 11 is 6.11. The van der Waals surface area contributed by atoms with Crippen LogP contribution in [0, 0.1) is 13.8 Å². The number of aryl methyl sites for hydroxylation is 2. The smallest absolute Gasteiger partial charge is 0.254 e. The van der Waals surface area contributed by atoms with E-state index in [0.29, 0.717) is 36.1 Å². The lowest BCUT2D eigenvalue weighted by Crippen LogP contribution is -2.42. The van der Waals surface area contributed by atoms with Crippen LogP contribution >= 0.6 is 11.6 Å². The average molecular weight is 372 g/mol. The van der Waals surface area contributed by atoms with Crippen molar-refractivity contribution in [2.24, 2.45) is 0 Å².